The molecule has 0 bridgehead atoms. The fourth-order valence-electron chi connectivity index (χ4n) is 1.80. The first kappa shape index (κ1) is 14.4. The third kappa shape index (κ3) is 4.28. The lowest BCUT2D eigenvalue weighted by Crippen LogP contribution is -1.98. The van der Waals surface area contributed by atoms with Gasteiger partial charge in [-0.2, -0.15) is 0 Å². The topological polar surface area (TPSA) is 30.8 Å². The highest BCUT2D eigenvalue weighted by Crippen LogP contribution is 2.23. The van der Waals surface area contributed by atoms with Crippen LogP contribution in [0.15, 0.2) is 53.7 Å². The Balaban J connectivity index is 2.01. The summed E-state index contributed by atoms with van der Waals surface area (Å²) in [4.78, 5) is 4.74. The van der Waals surface area contributed by atoms with Gasteiger partial charge < -0.3 is 9.57 Å². The summed E-state index contributed by atoms with van der Waals surface area (Å²) in [6.45, 7) is 1.93. The minimum Gasteiger partial charge on any atom is -0.457 e. The van der Waals surface area contributed by atoms with Crippen molar-refractivity contribution >= 4 is 17.3 Å². The summed E-state index contributed by atoms with van der Waals surface area (Å²) >= 11 is 5.83. The van der Waals surface area contributed by atoms with Gasteiger partial charge in [-0.05, 0) is 48.9 Å². The van der Waals surface area contributed by atoms with Crippen LogP contribution in [0.5, 0.6) is 11.5 Å². The molecule has 0 N–H and O–H groups in total. The molecule has 0 saturated carbocycles. The number of rotatable bonds is 5. The van der Waals surface area contributed by atoms with Crippen LogP contribution in [-0.2, 0) is 11.3 Å². The second-order valence-electron chi connectivity index (χ2n) is 4.39. The van der Waals surface area contributed by atoms with Crippen molar-refractivity contribution in [2.45, 2.75) is 13.3 Å². The van der Waals surface area contributed by atoms with Gasteiger partial charge in [0.25, 0.3) is 0 Å². The average molecular weight is 290 g/mol. The Labute approximate surface area is 123 Å². The number of oxime groups is 1. The van der Waals surface area contributed by atoms with Crippen LogP contribution in [-0.4, -0.2) is 12.8 Å². The van der Waals surface area contributed by atoms with E-state index in [1.54, 1.807) is 19.2 Å². The maximum absolute atomic E-state index is 5.83. The van der Waals surface area contributed by atoms with Gasteiger partial charge in [-0.1, -0.05) is 28.9 Å². The van der Waals surface area contributed by atoms with E-state index < -0.39 is 0 Å². The summed E-state index contributed by atoms with van der Waals surface area (Å²) in [6.07, 6.45) is 0.759. The van der Waals surface area contributed by atoms with Crippen LogP contribution >= 0.6 is 11.6 Å². The van der Waals surface area contributed by atoms with E-state index in [4.69, 9.17) is 21.2 Å². The molecular formula is C16H16ClNO2. The van der Waals surface area contributed by atoms with Gasteiger partial charge in [0, 0.05) is 11.4 Å². The minimum absolute atomic E-state index is 0.695. The predicted molar refractivity (Wildman–Crippen MR) is 81.8 cm³/mol. The normalized spacial score (nSPS) is 11.2. The Morgan fingerprint density at radius 2 is 1.55 bits per heavy atom. The molecule has 0 spiro atoms. The number of ether oxygens (including phenoxy) is 1. The van der Waals surface area contributed by atoms with Crippen molar-refractivity contribution in [1.82, 2.24) is 0 Å². The highest BCUT2D eigenvalue weighted by Gasteiger charge is 2.00. The molecule has 0 aliphatic heterocycles. The number of hydrogen-bond acceptors (Lipinski definition) is 3. The van der Waals surface area contributed by atoms with E-state index in [-0.39, 0.29) is 0 Å². The van der Waals surface area contributed by atoms with Gasteiger partial charge in [0.1, 0.15) is 18.6 Å². The maximum atomic E-state index is 5.83. The monoisotopic (exact) mass is 289 g/mol. The fraction of sp³-hybridized carbons (Fsp3) is 0.188. The fourth-order valence-corrected chi connectivity index (χ4v) is 1.92. The zero-order valence-electron chi connectivity index (χ0n) is 11.5. The molecule has 0 atom stereocenters. The summed E-state index contributed by atoms with van der Waals surface area (Å²) in [7, 11) is 1.55. The molecule has 0 fully saturated rings. The molecule has 0 amide bonds. The molecule has 0 radical (unpaired) electrons. The molecule has 4 heteroatoms. The van der Waals surface area contributed by atoms with Crippen molar-refractivity contribution in [1.29, 1.82) is 0 Å². The number of halogens is 1. The first-order valence-corrected chi connectivity index (χ1v) is 6.64. The summed E-state index contributed by atoms with van der Waals surface area (Å²) in [6, 6.07) is 15.2. The Bertz CT molecular complexity index is 576. The molecule has 20 heavy (non-hydrogen) atoms. The van der Waals surface area contributed by atoms with Gasteiger partial charge in [-0.15, -0.1) is 0 Å². The molecule has 0 aromatic heterocycles. The summed E-state index contributed by atoms with van der Waals surface area (Å²) in [5.74, 6) is 1.55. The molecular weight excluding hydrogens is 274 g/mol. The maximum Gasteiger partial charge on any atom is 0.127 e. The summed E-state index contributed by atoms with van der Waals surface area (Å²) < 4.78 is 5.73. The van der Waals surface area contributed by atoms with E-state index in [1.165, 1.54) is 0 Å². The highest BCUT2D eigenvalue weighted by molar-refractivity contribution is 6.30. The van der Waals surface area contributed by atoms with Crippen molar-refractivity contribution in [2.24, 2.45) is 5.16 Å². The van der Waals surface area contributed by atoms with E-state index in [0.29, 0.717) is 5.02 Å². The Hall–Kier alpha value is -2.00. The smallest absolute Gasteiger partial charge is 0.127 e. The van der Waals surface area contributed by atoms with Crippen LogP contribution in [0.25, 0.3) is 0 Å². The van der Waals surface area contributed by atoms with Crippen molar-refractivity contribution in [2.75, 3.05) is 7.11 Å². The number of benzene rings is 2. The minimum atomic E-state index is 0.695. The average Bonchev–Trinajstić information content (AvgIpc) is 2.44. The van der Waals surface area contributed by atoms with Crippen LogP contribution in [0, 0.1) is 0 Å². The zero-order chi connectivity index (χ0) is 14.4. The second-order valence-corrected chi connectivity index (χ2v) is 4.82. The van der Waals surface area contributed by atoms with Crippen LogP contribution in [0.1, 0.15) is 12.5 Å². The van der Waals surface area contributed by atoms with Crippen molar-refractivity contribution in [3.63, 3.8) is 0 Å². The molecule has 2 aromatic carbocycles. The van der Waals surface area contributed by atoms with Crippen LogP contribution in [0.3, 0.4) is 0 Å². The molecule has 104 valence electrons. The lowest BCUT2D eigenvalue weighted by molar-refractivity contribution is 0.212. The predicted octanol–water partition coefficient (Wildman–Crippen LogP) is 4.70. The van der Waals surface area contributed by atoms with E-state index in [9.17, 15) is 0 Å². The van der Waals surface area contributed by atoms with Crippen molar-refractivity contribution < 1.29 is 9.57 Å². The Morgan fingerprint density at radius 3 is 2.10 bits per heavy atom. The quantitative estimate of drug-likeness (QED) is 0.590. The summed E-state index contributed by atoms with van der Waals surface area (Å²) in [5.41, 5.74) is 2.09. The third-order valence-electron chi connectivity index (χ3n) is 2.68. The SMILES string of the molecule is CON=C(C)Cc1ccc(Oc2ccc(Cl)cc2)cc1. The lowest BCUT2D eigenvalue weighted by Gasteiger charge is -2.07. The van der Waals surface area contributed by atoms with Gasteiger partial charge in [-0.3, -0.25) is 0 Å². The van der Waals surface area contributed by atoms with E-state index in [1.807, 2.05) is 43.3 Å². The van der Waals surface area contributed by atoms with Crippen molar-refractivity contribution in [3.05, 3.63) is 59.1 Å². The Kier molecular flexibility index (Phi) is 5.02. The Morgan fingerprint density at radius 1 is 1.00 bits per heavy atom. The zero-order valence-corrected chi connectivity index (χ0v) is 12.2. The first-order chi connectivity index (χ1) is 9.67. The van der Waals surface area contributed by atoms with E-state index in [0.717, 1.165) is 29.2 Å². The molecule has 0 aliphatic carbocycles. The number of hydrogen-bond donors (Lipinski definition) is 0. The molecule has 2 rings (SSSR count). The molecule has 0 aliphatic rings. The first-order valence-electron chi connectivity index (χ1n) is 6.26. The van der Waals surface area contributed by atoms with Crippen LogP contribution in [0.4, 0.5) is 0 Å². The van der Waals surface area contributed by atoms with Gasteiger partial charge in [0.05, 0.1) is 5.71 Å². The van der Waals surface area contributed by atoms with Crippen LogP contribution < -0.4 is 4.74 Å². The lowest BCUT2D eigenvalue weighted by atomic mass is 10.1. The van der Waals surface area contributed by atoms with Gasteiger partial charge >= 0.3 is 0 Å². The molecule has 0 heterocycles. The van der Waals surface area contributed by atoms with Gasteiger partial charge in [-0.25, -0.2) is 0 Å². The molecule has 2 aromatic rings. The van der Waals surface area contributed by atoms with Crippen LogP contribution in [0.2, 0.25) is 5.02 Å². The van der Waals surface area contributed by atoms with Gasteiger partial charge in [0.15, 0.2) is 0 Å². The van der Waals surface area contributed by atoms with Crippen molar-refractivity contribution in [3.8, 4) is 11.5 Å². The van der Waals surface area contributed by atoms with Gasteiger partial charge in [0.2, 0.25) is 0 Å². The third-order valence-corrected chi connectivity index (χ3v) is 2.93. The summed E-state index contributed by atoms with van der Waals surface area (Å²) in [5, 5.41) is 4.59. The molecule has 3 nitrogen and oxygen atoms in total. The van der Waals surface area contributed by atoms with E-state index >= 15 is 0 Å². The largest absolute Gasteiger partial charge is 0.457 e. The highest BCUT2D eigenvalue weighted by atomic mass is 35.5. The van der Waals surface area contributed by atoms with E-state index in [2.05, 4.69) is 5.16 Å². The standard InChI is InChI=1S/C16H16ClNO2/c1-12(18-19-2)11-13-3-7-15(8-4-13)20-16-9-5-14(17)6-10-16/h3-10H,11H2,1-2H3. The molecule has 0 saturated heterocycles. The molecule has 0 unspecified atom stereocenters. The second kappa shape index (κ2) is 6.96. The number of nitrogens with zero attached hydrogens (tertiary/aromatic N) is 1.